The van der Waals surface area contributed by atoms with E-state index < -0.39 is 17.4 Å². The molecule has 0 aliphatic rings. The van der Waals surface area contributed by atoms with E-state index in [0.29, 0.717) is 5.65 Å². The van der Waals surface area contributed by atoms with Crippen molar-refractivity contribution in [2.45, 2.75) is 5.92 Å². The molecule has 0 unspecified atom stereocenters. The fourth-order valence-corrected chi connectivity index (χ4v) is 1.84. The van der Waals surface area contributed by atoms with Gasteiger partial charge >= 0.3 is 5.92 Å². The summed E-state index contributed by atoms with van der Waals surface area (Å²) in [5.74, 6) is -3.84. The van der Waals surface area contributed by atoms with Gasteiger partial charge in [-0.15, -0.1) is 20.4 Å². The fraction of sp³-hybridized carbons (Fsp3) is 0.0909. The number of rotatable bonds is 2. The number of hydrogen-bond donors (Lipinski definition) is 1. The highest BCUT2D eigenvalue weighted by Crippen LogP contribution is 2.32. The lowest BCUT2D eigenvalue weighted by Crippen LogP contribution is -2.22. The van der Waals surface area contributed by atoms with E-state index in [0.717, 1.165) is 11.5 Å². The molecule has 0 saturated carbocycles. The van der Waals surface area contributed by atoms with Crippen LogP contribution in [0.3, 0.4) is 0 Å². The maximum atomic E-state index is 14.4. The highest BCUT2D eigenvalue weighted by Gasteiger charge is 2.41. The third kappa shape index (κ3) is 1.87. The summed E-state index contributed by atoms with van der Waals surface area (Å²) in [7, 11) is 1.80. The molecule has 0 fully saturated rings. The van der Waals surface area contributed by atoms with Gasteiger partial charge in [-0.25, -0.2) is 0 Å². The fourth-order valence-electron chi connectivity index (χ4n) is 1.84. The Balaban J connectivity index is 2.17. The molecule has 6 nitrogen and oxygen atoms in total. The summed E-state index contributed by atoms with van der Waals surface area (Å²) < 4.78 is 30.1. The number of alkyl halides is 2. The van der Waals surface area contributed by atoms with E-state index in [4.69, 9.17) is 5.73 Å². The zero-order valence-corrected chi connectivity index (χ0v) is 10.5. The largest absolute Gasteiger partial charge is 0.382 e. The van der Waals surface area contributed by atoms with Crippen molar-refractivity contribution in [1.29, 1.82) is 0 Å². The number of fused-ring (bicyclic) bond motifs is 1. The number of halogens is 2. The molecular formula is C11H9BF2N6. The molecule has 0 bridgehead atoms. The predicted octanol–water partition coefficient (Wildman–Crippen LogP) is -0.500. The normalized spacial score (nSPS) is 11.9. The minimum Gasteiger partial charge on any atom is -0.382 e. The number of pyridine rings is 1. The van der Waals surface area contributed by atoms with Crippen LogP contribution in [0.4, 0.5) is 14.6 Å². The van der Waals surface area contributed by atoms with Gasteiger partial charge in [-0.3, -0.25) is 4.40 Å². The summed E-state index contributed by atoms with van der Waals surface area (Å²) in [6.07, 6.45) is 1.54. The van der Waals surface area contributed by atoms with Gasteiger partial charge in [0.25, 0.3) is 0 Å². The van der Waals surface area contributed by atoms with Gasteiger partial charge in [-0.1, -0.05) is 11.5 Å². The number of hydrogen-bond acceptors (Lipinski definition) is 5. The molecule has 3 aromatic rings. The highest BCUT2D eigenvalue weighted by atomic mass is 19.3. The summed E-state index contributed by atoms with van der Waals surface area (Å²) in [5.41, 5.74) is 5.98. The van der Waals surface area contributed by atoms with Gasteiger partial charge in [-0.2, -0.15) is 8.78 Å². The third-order valence-corrected chi connectivity index (χ3v) is 2.84. The highest BCUT2D eigenvalue weighted by molar-refractivity contribution is 6.32. The molecule has 9 heteroatoms. The van der Waals surface area contributed by atoms with Crippen LogP contribution in [0.2, 0.25) is 0 Å². The maximum Gasteiger partial charge on any atom is 0.350 e. The van der Waals surface area contributed by atoms with Crippen LogP contribution < -0.4 is 11.2 Å². The molecule has 0 radical (unpaired) electrons. The first-order valence-corrected chi connectivity index (χ1v) is 5.78. The van der Waals surface area contributed by atoms with Crippen molar-refractivity contribution in [2.75, 3.05) is 5.73 Å². The van der Waals surface area contributed by atoms with Gasteiger partial charge in [0.2, 0.25) is 5.82 Å². The molecule has 2 N–H and O–H groups in total. The molecule has 100 valence electrons. The van der Waals surface area contributed by atoms with Gasteiger partial charge in [-0.05, 0) is 18.2 Å². The quantitative estimate of drug-likeness (QED) is 0.637. The minimum absolute atomic E-state index is 0.0755. The second kappa shape index (κ2) is 4.22. The van der Waals surface area contributed by atoms with Crippen LogP contribution in [-0.2, 0) is 5.92 Å². The van der Waals surface area contributed by atoms with Gasteiger partial charge in [0.1, 0.15) is 19.4 Å². The molecule has 3 rings (SSSR count). The van der Waals surface area contributed by atoms with E-state index in [1.807, 2.05) is 0 Å². The van der Waals surface area contributed by atoms with Crippen molar-refractivity contribution < 1.29 is 8.78 Å². The summed E-state index contributed by atoms with van der Waals surface area (Å²) in [6.45, 7) is 0. The zero-order chi connectivity index (χ0) is 14.3. The Morgan fingerprint density at radius 3 is 2.55 bits per heavy atom. The van der Waals surface area contributed by atoms with Crippen LogP contribution in [-0.4, -0.2) is 32.6 Å². The predicted molar refractivity (Wildman–Crippen MR) is 70.6 cm³/mol. The Morgan fingerprint density at radius 1 is 1.05 bits per heavy atom. The lowest BCUT2D eigenvalue weighted by atomic mass is 9.99. The lowest BCUT2D eigenvalue weighted by molar-refractivity contribution is 0.0261. The van der Waals surface area contributed by atoms with Crippen molar-refractivity contribution in [2.24, 2.45) is 0 Å². The van der Waals surface area contributed by atoms with Crippen LogP contribution in [0.1, 0.15) is 11.5 Å². The van der Waals surface area contributed by atoms with Crippen molar-refractivity contribution >= 4 is 24.8 Å². The van der Waals surface area contributed by atoms with Crippen LogP contribution >= 0.6 is 0 Å². The average molecular weight is 274 g/mol. The standard InChI is InChI=1S/C11H9BF2N6/c12-6-1-4-9-18-19-10(20(9)5-6)11(13,14)7-2-3-8(15)17-16-7/h1-5H,12H2,(H2,15,17). The second-order valence-corrected chi connectivity index (χ2v) is 4.38. The Kier molecular flexibility index (Phi) is 2.63. The zero-order valence-electron chi connectivity index (χ0n) is 10.5. The van der Waals surface area contributed by atoms with Gasteiger partial charge in [0.05, 0.1) is 0 Å². The molecule has 0 spiro atoms. The monoisotopic (exact) mass is 274 g/mol. The Morgan fingerprint density at radius 2 is 1.85 bits per heavy atom. The SMILES string of the molecule is Bc1ccc2nnc(C(F)(F)c3ccc(N)nn3)n2c1. The van der Waals surface area contributed by atoms with E-state index in [1.165, 1.54) is 10.5 Å². The first-order chi connectivity index (χ1) is 9.48. The summed E-state index contributed by atoms with van der Waals surface area (Å²) in [4.78, 5) is 0. The van der Waals surface area contributed by atoms with Gasteiger partial charge < -0.3 is 5.73 Å². The first kappa shape index (κ1) is 12.5. The molecule has 20 heavy (non-hydrogen) atoms. The number of nitrogens with two attached hydrogens (primary N) is 1. The van der Waals surface area contributed by atoms with Crippen LogP contribution in [0.15, 0.2) is 30.5 Å². The van der Waals surface area contributed by atoms with E-state index in [1.54, 1.807) is 26.2 Å². The van der Waals surface area contributed by atoms with Crippen LogP contribution in [0, 0.1) is 0 Å². The number of aromatic nitrogens is 5. The first-order valence-electron chi connectivity index (χ1n) is 5.78. The molecule has 3 aromatic heterocycles. The smallest absolute Gasteiger partial charge is 0.350 e. The number of nitrogens with zero attached hydrogens (tertiary/aromatic N) is 5. The molecule has 0 aliphatic heterocycles. The van der Waals surface area contributed by atoms with Crippen LogP contribution in [0.5, 0.6) is 0 Å². The summed E-state index contributed by atoms with van der Waals surface area (Å²) >= 11 is 0. The molecule has 0 saturated heterocycles. The Bertz CT molecular complexity index is 770. The molecule has 0 aliphatic carbocycles. The third-order valence-electron chi connectivity index (χ3n) is 2.84. The Hall–Kier alpha value is -2.58. The van der Waals surface area contributed by atoms with Crippen molar-refractivity contribution in [3.05, 3.63) is 42.0 Å². The van der Waals surface area contributed by atoms with E-state index >= 15 is 0 Å². The number of anilines is 1. The molecular weight excluding hydrogens is 265 g/mol. The van der Waals surface area contributed by atoms with Gasteiger partial charge in [0.15, 0.2) is 5.65 Å². The van der Waals surface area contributed by atoms with Crippen molar-refractivity contribution in [1.82, 2.24) is 24.8 Å². The summed E-state index contributed by atoms with van der Waals surface area (Å²) in [6, 6.07) is 5.79. The lowest BCUT2D eigenvalue weighted by Gasteiger charge is -2.13. The minimum atomic E-state index is -3.41. The average Bonchev–Trinajstić information content (AvgIpc) is 2.82. The molecule has 0 aromatic carbocycles. The maximum absolute atomic E-state index is 14.4. The molecule has 0 amide bonds. The van der Waals surface area contributed by atoms with Gasteiger partial charge in [0, 0.05) is 6.20 Å². The summed E-state index contributed by atoms with van der Waals surface area (Å²) in [5, 5.41) is 14.2. The topological polar surface area (TPSA) is 82.0 Å². The van der Waals surface area contributed by atoms with E-state index in [9.17, 15) is 8.78 Å². The second-order valence-electron chi connectivity index (χ2n) is 4.38. The van der Waals surface area contributed by atoms with Crippen molar-refractivity contribution in [3.8, 4) is 0 Å². The molecule has 0 atom stereocenters. The van der Waals surface area contributed by atoms with Crippen molar-refractivity contribution in [3.63, 3.8) is 0 Å². The Labute approximate surface area is 113 Å². The van der Waals surface area contributed by atoms with E-state index in [-0.39, 0.29) is 5.82 Å². The van der Waals surface area contributed by atoms with E-state index in [2.05, 4.69) is 20.4 Å². The van der Waals surface area contributed by atoms with Crippen LogP contribution in [0.25, 0.3) is 5.65 Å². The number of nitrogen functional groups attached to an aromatic ring is 1. The molecule has 3 heterocycles.